The van der Waals surface area contributed by atoms with Crippen molar-refractivity contribution in [2.24, 2.45) is 0 Å². The molecule has 0 aromatic heterocycles. The molecule has 1 fully saturated rings. The van der Waals surface area contributed by atoms with Crippen molar-refractivity contribution in [3.63, 3.8) is 0 Å². The van der Waals surface area contributed by atoms with Crippen LogP contribution in [0.2, 0.25) is 0 Å². The lowest BCUT2D eigenvalue weighted by Crippen LogP contribution is -2.49. The van der Waals surface area contributed by atoms with E-state index in [4.69, 9.17) is 9.47 Å². The summed E-state index contributed by atoms with van der Waals surface area (Å²) in [6.07, 6.45) is 5.93. The molecule has 1 unspecified atom stereocenters. The molecule has 1 aromatic carbocycles. The minimum Gasteiger partial charge on any atom is -0.497 e. The first kappa shape index (κ1) is 15.3. The Kier molecular flexibility index (Phi) is 5.44. The first-order valence-electron chi connectivity index (χ1n) is 7.59. The SMILES string of the molecule is COc1ccc(CCC(C)NCC2(OC)CCC2)cc1. The number of rotatable bonds is 8. The maximum Gasteiger partial charge on any atom is 0.118 e. The average molecular weight is 277 g/mol. The Morgan fingerprint density at radius 2 is 1.90 bits per heavy atom. The molecule has 20 heavy (non-hydrogen) atoms. The van der Waals surface area contributed by atoms with Crippen LogP contribution in [0.1, 0.15) is 38.2 Å². The molecule has 0 radical (unpaired) electrons. The van der Waals surface area contributed by atoms with Gasteiger partial charge in [-0.25, -0.2) is 0 Å². The van der Waals surface area contributed by atoms with Gasteiger partial charge in [0.05, 0.1) is 12.7 Å². The third-order valence-corrected chi connectivity index (χ3v) is 4.50. The molecule has 1 aliphatic carbocycles. The highest BCUT2D eigenvalue weighted by molar-refractivity contribution is 5.27. The van der Waals surface area contributed by atoms with Crippen molar-refractivity contribution in [2.75, 3.05) is 20.8 Å². The largest absolute Gasteiger partial charge is 0.497 e. The van der Waals surface area contributed by atoms with E-state index in [9.17, 15) is 0 Å². The average Bonchev–Trinajstić information content (AvgIpc) is 2.45. The van der Waals surface area contributed by atoms with Crippen molar-refractivity contribution in [3.8, 4) is 5.75 Å². The number of hydrogen-bond acceptors (Lipinski definition) is 3. The molecule has 112 valence electrons. The summed E-state index contributed by atoms with van der Waals surface area (Å²) >= 11 is 0. The third kappa shape index (κ3) is 3.97. The van der Waals surface area contributed by atoms with Gasteiger partial charge in [-0.2, -0.15) is 0 Å². The Hall–Kier alpha value is -1.06. The van der Waals surface area contributed by atoms with Gasteiger partial charge in [-0.15, -0.1) is 0 Å². The zero-order chi connectivity index (χ0) is 14.4. The van der Waals surface area contributed by atoms with Crippen LogP contribution in [0, 0.1) is 0 Å². The number of hydrogen-bond donors (Lipinski definition) is 1. The van der Waals surface area contributed by atoms with E-state index in [1.54, 1.807) is 7.11 Å². The minimum atomic E-state index is 0.119. The quantitative estimate of drug-likeness (QED) is 0.791. The maximum atomic E-state index is 5.64. The number of benzene rings is 1. The standard InChI is InChI=1S/C17H27NO2/c1-14(18-13-17(20-3)11-4-12-17)5-6-15-7-9-16(19-2)10-8-15/h7-10,14,18H,4-6,11-13H2,1-3H3. The lowest BCUT2D eigenvalue weighted by Gasteiger charge is -2.41. The lowest BCUT2D eigenvalue weighted by atomic mass is 9.80. The summed E-state index contributed by atoms with van der Waals surface area (Å²) in [5, 5.41) is 3.62. The van der Waals surface area contributed by atoms with Gasteiger partial charge in [-0.1, -0.05) is 12.1 Å². The van der Waals surface area contributed by atoms with Crippen LogP contribution in [0.5, 0.6) is 5.75 Å². The Bertz CT molecular complexity index is 392. The normalized spacial score (nSPS) is 18.4. The van der Waals surface area contributed by atoms with Crippen molar-refractivity contribution in [2.45, 2.75) is 50.7 Å². The predicted octanol–water partition coefficient (Wildman–Crippen LogP) is 3.18. The molecule has 1 atom stereocenters. The van der Waals surface area contributed by atoms with E-state index in [0.717, 1.165) is 25.1 Å². The third-order valence-electron chi connectivity index (χ3n) is 4.50. The molecule has 3 heteroatoms. The molecule has 0 heterocycles. The van der Waals surface area contributed by atoms with Crippen molar-refractivity contribution in [1.29, 1.82) is 0 Å². The van der Waals surface area contributed by atoms with E-state index in [2.05, 4.69) is 24.4 Å². The molecule has 1 aliphatic rings. The number of nitrogens with one attached hydrogen (secondary N) is 1. The summed E-state index contributed by atoms with van der Waals surface area (Å²) in [4.78, 5) is 0. The van der Waals surface area contributed by atoms with Gasteiger partial charge in [-0.3, -0.25) is 0 Å². The van der Waals surface area contributed by atoms with Crippen LogP contribution in [0.4, 0.5) is 0 Å². The second kappa shape index (κ2) is 7.09. The van der Waals surface area contributed by atoms with E-state index < -0.39 is 0 Å². The van der Waals surface area contributed by atoms with E-state index in [-0.39, 0.29) is 5.60 Å². The van der Waals surface area contributed by atoms with Crippen molar-refractivity contribution in [1.82, 2.24) is 5.32 Å². The second-order valence-corrected chi connectivity index (χ2v) is 5.91. The molecule has 3 nitrogen and oxygen atoms in total. The van der Waals surface area contributed by atoms with Crippen molar-refractivity contribution >= 4 is 0 Å². The topological polar surface area (TPSA) is 30.5 Å². The number of ether oxygens (including phenoxy) is 2. The summed E-state index contributed by atoms with van der Waals surface area (Å²) in [6, 6.07) is 8.87. The van der Waals surface area contributed by atoms with Crippen LogP contribution in [-0.2, 0) is 11.2 Å². The zero-order valence-corrected chi connectivity index (χ0v) is 12.9. The number of aryl methyl sites for hydroxylation is 1. The molecule has 0 aliphatic heterocycles. The van der Waals surface area contributed by atoms with E-state index >= 15 is 0 Å². The van der Waals surface area contributed by atoms with Crippen LogP contribution >= 0.6 is 0 Å². The van der Waals surface area contributed by atoms with Crippen LogP contribution in [0.15, 0.2) is 24.3 Å². The molecule has 0 bridgehead atoms. The highest BCUT2D eigenvalue weighted by atomic mass is 16.5. The zero-order valence-electron chi connectivity index (χ0n) is 12.9. The van der Waals surface area contributed by atoms with Crippen molar-refractivity contribution in [3.05, 3.63) is 29.8 Å². The fourth-order valence-corrected chi connectivity index (χ4v) is 2.66. The monoisotopic (exact) mass is 277 g/mol. The minimum absolute atomic E-state index is 0.119. The van der Waals surface area contributed by atoms with Gasteiger partial charge in [0, 0.05) is 19.7 Å². The summed E-state index contributed by atoms with van der Waals surface area (Å²) in [5.41, 5.74) is 1.48. The second-order valence-electron chi connectivity index (χ2n) is 5.91. The first-order chi connectivity index (χ1) is 9.67. The van der Waals surface area contributed by atoms with Gasteiger partial charge >= 0.3 is 0 Å². The summed E-state index contributed by atoms with van der Waals surface area (Å²) in [7, 11) is 3.54. The molecule has 0 spiro atoms. The Labute approximate surface area is 122 Å². The molecule has 1 saturated carbocycles. The summed E-state index contributed by atoms with van der Waals surface area (Å²) < 4.78 is 10.8. The van der Waals surface area contributed by atoms with Gasteiger partial charge in [0.15, 0.2) is 0 Å². The van der Waals surface area contributed by atoms with Crippen LogP contribution < -0.4 is 10.1 Å². The Balaban J connectivity index is 1.70. The fourth-order valence-electron chi connectivity index (χ4n) is 2.66. The van der Waals surface area contributed by atoms with Crippen LogP contribution in [0.3, 0.4) is 0 Å². The summed E-state index contributed by atoms with van der Waals surface area (Å²) in [5.74, 6) is 0.923. The molecule has 0 saturated heterocycles. The highest BCUT2D eigenvalue weighted by Crippen LogP contribution is 2.34. The van der Waals surface area contributed by atoms with E-state index in [1.807, 2.05) is 19.2 Å². The van der Waals surface area contributed by atoms with Crippen LogP contribution in [0.25, 0.3) is 0 Å². The molecule has 1 aromatic rings. The molecular formula is C17H27NO2. The first-order valence-corrected chi connectivity index (χ1v) is 7.59. The molecule has 1 N–H and O–H groups in total. The van der Waals surface area contributed by atoms with Gasteiger partial charge < -0.3 is 14.8 Å². The van der Waals surface area contributed by atoms with Crippen molar-refractivity contribution < 1.29 is 9.47 Å². The van der Waals surface area contributed by atoms with E-state index in [0.29, 0.717) is 6.04 Å². The van der Waals surface area contributed by atoms with E-state index in [1.165, 1.54) is 24.8 Å². The number of methoxy groups -OCH3 is 2. The fraction of sp³-hybridized carbons (Fsp3) is 0.647. The molecule has 0 amide bonds. The van der Waals surface area contributed by atoms with Gasteiger partial charge in [0.1, 0.15) is 5.75 Å². The summed E-state index contributed by atoms with van der Waals surface area (Å²) in [6.45, 7) is 3.23. The predicted molar refractivity (Wildman–Crippen MR) is 82.4 cm³/mol. The Morgan fingerprint density at radius 3 is 2.40 bits per heavy atom. The molecule has 2 rings (SSSR count). The van der Waals surface area contributed by atoms with Gasteiger partial charge in [-0.05, 0) is 56.7 Å². The smallest absolute Gasteiger partial charge is 0.118 e. The van der Waals surface area contributed by atoms with Gasteiger partial charge in [0.2, 0.25) is 0 Å². The lowest BCUT2D eigenvalue weighted by molar-refractivity contribution is -0.0706. The van der Waals surface area contributed by atoms with Gasteiger partial charge in [0.25, 0.3) is 0 Å². The highest BCUT2D eigenvalue weighted by Gasteiger charge is 2.36. The Morgan fingerprint density at radius 1 is 1.20 bits per heavy atom. The molecular weight excluding hydrogens is 250 g/mol. The maximum absolute atomic E-state index is 5.64. The van der Waals surface area contributed by atoms with Crippen LogP contribution in [-0.4, -0.2) is 32.4 Å².